The maximum Gasteiger partial charge on any atom is 0.250 e. The number of hydrogen-bond acceptors (Lipinski definition) is 4. The van der Waals surface area contributed by atoms with Crippen molar-refractivity contribution in [1.29, 1.82) is 0 Å². The Kier molecular flexibility index (Phi) is 11.0. The number of nitrogens with zero attached hydrogens (tertiary/aromatic N) is 1. The number of rotatable bonds is 8. The lowest BCUT2D eigenvalue weighted by atomic mass is 10.1. The first-order chi connectivity index (χ1) is 9.95. The number of sulfonamides is 1. The minimum Gasteiger partial charge on any atom is -0.356 e. The molecule has 1 aromatic rings. The fourth-order valence-electron chi connectivity index (χ4n) is 1.55. The van der Waals surface area contributed by atoms with Gasteiger partial charge in [-0.1, -0.05) is 19.9 Å². The van der Waals surface area contributed by atoms with Crippen molar-refractivity contribution in [2.24, 2.45) is 10.9 Å². The van der Waals surface area contributed by atoms with Gasteiger partial charge in [0.2, 0.25) is 10.0 Å². The molecule has 0 aliphatic rings. The monoisotopic (exact) mass is 460 g/mol. The summed E-state index contributed by atoms with van der Waals surface area (Å²) < 4.78 is 26.6. The Morgan fingerprint density at radius 2 is 1.95 bits per heavy atom. The minimum atomic E-state index is -3.38. The third-order valence-corrected chi connectivity index (χ3v) is 5.57. The molecule has 3 N–H and O–H groups in total. The lowest BCUT2D eigenvalue weighted by molar-refractivity contribution is 0.571. The fourth-order valence-corrected chi connectivity index (χ4v) is 3.62. The summed E-state index contributed by atoms with van der Waals surface area (Å²) in [5, 5.41) is 8.01. The Morgan fingerprint density at radius 3 is 2.50 bits per heavy atom. The molecule has 0 amide bonds. The molecule has 9 heteroatoms. The van der Waals surface area contributed by atoms with Crippen LogP contribution in [-0.2, 0) is 10.0 Å². The van der Waals surface area contributed by atoms with Gasteiger partial charge in [0.1, 0.15) is 4.21 Å². The molecular formula is C13H25IN4O2S2. The van der Waals surface area contributed by atoms with Crippen LogP contribution >= 0.6 is 35.3 Å². The molecule has 0 saturated heterocycles. The van der Waals surface area contributed by atoms with E-state index in [1.807, 2.05) is 0 Å². The molecule has 0 bridgehead atoms. The lowest BCUT2D eigenvalue weighted by Crippen LogP contribution is -2.41. The van der Waals surface area contributed by atoms with Gasteiger partial charge in [0.15, 0.2) is 5.96 Å². The Morgan fingerprint density at radius 1 is 1.27 bits per heavy atom. The van der Waals surface area contributed by atoms with Gasteiger partial charge in [-0.15, -0.1) is 35.3 Å². The van der Waals surface area contributed by atoms with Crippen molar-refractivity contribution in [1.82, 2.24) is 15.4 Å². The zero-order valence-electron chi connectivity index (χ0n) is 13.1. The van der Waals surface area contributed by atoms with Crippen LogP contribution in [0, 0.1) is 5.92 Å². The summed E-state index contributed by atoms with van der Waals surface area (Å²) in [6.45, 7) is 5.96. The standard InChI is InChI=1S/C13H24N4O2S2.HI/c1-11(2)6-7-15-13(14-3)16-8-9-17-21(18,19)12-5-4-10-20-12;/h4-5,10-11,17H,6-9H2,1-3H3,(H2,14,15,16);1H. The average molecular weight is 460 g/mol. The highest BCUT2D eigenvalue weighted by Crippen LogP contribution is 2.14. The molecule has 6 nitrogen and oxygen atoms in total. The van der Waals surface area contributed by atoms with Gasteiger partial charge >= 0.3 is 0 Å². The summed E-state index contributed by atoms with van der Waals surface area (Å²) in [5.74, 6) is 1.32. The number of aliphatic imine (C=N–C) groups is 1. The van der Waals surface area contributed by atoms with Gasteiger partial charge in [-0.25, -0.2) is 13.1 Å². The van der Waals surface area contributed by atoms with Gasteiger partial charge in [0, 0.05) is 26.7 Å². The van der Waals surface area contributed by atoms with Crippen LogP contribution in [0.1, 0.15) is 20.3 Å². The number of nitrogens with one attached hydrogen (secondary N) is 3. The van der Waals surface area contributed by atoms with Crippen molar-refractivity contribution in [3.63, 3.8) is 0 Å². The van der Waals surface area contributed by atoms with E-state index in [2.05, 4.69) is 34.2 Å². The van der Waals surface area contributed by atoms with Crippen LogP contribution in [0.15, 0.2) is 26.7 Å². The van der Waals surface area contributed by atoms with Crippen molar-refractivity contribution in [3.05, 3.63) is 17.5 Å². The Labute approximate surface area is 154 Å². The van der Waals surface area contributed by atoms with E-state index >= 15 is 0 Å². The van der Waals surface area contributed by atoms with E-state index in [-0.39, 0.29) is 24.0 Å². The van der Waals surface area contributed by atoms with Crippen molar-refractivity contribution in [2.75, 3.05) is 26.7 Å². The van der Waals surface area contributed by atoms with Crippen molar-refractivity contribution in [2.45, 2.75) is 24.5 Å². The van der Waals surface area contributed by atoms with Crippen molar-refractivity contribution < 1.29 is 8.42 Å². The third-order valence-electron chi connectivity index (χ3n) is 2.71. The second-order valence-electron chi connectivity index (χ2n) is 4.94. The lowest BCUT2D eigenvalue weighted by Gasteiger charge is -2.13. The summed E-state index contributed by atoms with van der Waals surface area (Å²) in [5.41, 5.74) is 0. The zero-order chi connectivity index (χ0) is 15.7. The van der Waals surface area contributed by atoms with Crippen LogP contribution in [0.3, 0.4) is 0 Å². The SMILES string of the molecule is CN=C(NCCNS(=O)(=O)c1cccs1)NCCC(C)C.I. The number of hydrogen-bond donors (Lipinski definition) is 3. The second kappa shape index (κ2) is 11.2. The first-order valence-corrected chi connectivity index (χ1v) is 9.29. The van der Waals surface area contributed by atoms with E-state index in [1.54, 1.807) is 24.6 Å². The summed E-state index contributed by atoms with van der Waals surface area (Å²) in [6, 6.07) is 3.31. The largest absolute Gasteiger partial charge is 0.356 e. The Bertz CT molecular complexity index is 530. The van der Waals surface area contributed by atoms with Crippen LogP contribution in [0.25, 0.3) is 0 Å². The van der Waals surface area contributed by atoms with Gasteiger partial charge in [-0.2, -0.15) is 0 Å². The predicted molar refractivity (Wildman–Crippen MR) is 104 cm³/mol. The van der Waals surface area contributed by atoms with Gasteiger partial charge in [0.05, 0.1) is 0 Å². The summed E-state index contributed by atoms with van der Waals surface area (Å²) >= 11 is 1.21. The van der Waals surface area contributed by atoms with E-state index in [9.17, 15) is 8.42 Å². The molecule has 1 aromatic heterocycles. The van der Waals surface area contributed by atoms with E-state index in [0.29, 0.717) is 29.2 Å². The molecule has 1 rings (SSSR count). The highest BCUT2D eigenvalue weighted by molar-refractivity contribution is 14.0. The van der Waals surface area contributed by atoms with E-state index < -0.39 is 10.0 Å². The summed E-state index contributed by atoms with van der Waals surface area (Å²) in [4.78, 5) is 4.09. The van der Waals surface area contributed by atoms with Gasteiger partial charge in [-0.05, 0) is 23.8 Å². The zero-order valence-corrected chi connectivity index (χ0v) is 17.1. The predicted octanol–water partition coefficient (Wildman–Crippen LogP) is 1.86. The topological polar surface area (TPSA) is 82.6 Å². The van der Waals surface area contributed by atoms with Crippen LogP contribution in [0.4, 0.5) is 0 Å². The quantitative estimate of drug-likeness (QED) is 0.239. The van der Waals surface area contributed by atoms with Crippen molar-refractivity contribution >= 4 is 51.3 Å². The average Bonchev–Trinajstić information content (AvgIpc) is 2.96. The highest BCUT2D eigenvalue weighted by atomic mass is 127. The Hall–Kier alpha value is -0.390. The molecule has 0 spiro atoms. The maximum absolute atomic E-state index is 11.9. The van der Waals surface area contributed by atoms with Crippen molar-refractivity contribution in [3.8, 4) is 0 Å². The minimum absolute atomic E-state index is 0. The number of guanidine groups is 1. The summed E-state index contributed by atoms with van der Waals surface area (Å²) in [7, 11) is -1.69. The van der Waals surface area contributed by atoms with E-state index in [4.69, 9.17) is 0 Å². The van der Waals surface area contributed by atoms with Crippen LogP contribution < -0.4 is 15.4 Å². The molecule has 1 heterocycles. The van der Waals surface area contributed by atoms with Gasteiger partial charge in [0.25, 0.3) is 0 Å². The Balaban J connectivity index is 0.00000441. The second-order valence-corrected chi connectivity index (χ2v) is 7.88. The molecule has 0 radical (unpaired) electrons. The van der Waals surface area contributed by atoms with Crippen LogP contribution in [0.5, 0.6) is 0 Å². The normalized spacial score (nSPS) is 12.1. The molecule has 0 aliphatic heterocycles. The molecule has 0 aliphatic carbocycles. The number of thiophene rings is 1. The third kappa shape index (κ3) is 8.30. The molecule has 22 heavy (non-hydrogen) atoms. The first kappa shape index (κ1) is 21.6. The van der Waals surface area contributed by atoms with E-state index in [0.717, 1.165) is 13.0 Å². The molecule has 128 valence electrons. The highest BCUT2D eigenvalue weighted by Gasteiger charge is 2.13. The maximum atomic E-state index is 11.9. The first-order valence-electron chi connectivity index (χ1n) is 6.93. The van der Waals surface area contributed by atoms with Crippen LogP contribution in [0.2, 0.25) is 0 Å². The molecule has 0 atom stereocenters. The smallest absolute Gasteiger partial charge is 0.250 e. The molecule has 0 saturated carbocycles. The molecular weight excluding hydrogens is 435 g/mol. The van der Waals surface area contributed by atoms with Crippen LogP contribution in [-0.4, -0.2) is 41.1 Å². The molecule has 0 aromatic carbocycles. The molecule has 0 unspecified atom stereocenters. The molecule has 0 fully saturated rings. The van der Waals surface area contributed by atoms with Gasteiger partial charge < -0.3 is 10.6 Å². The summed E-state index contributed by atoms with van der Waals surface area (Å²) in [6.07, 6.45) is 1.06. The van der Waals surface area contributed by atoms with Gasteiger partial charge in [-0.3, -0.25) is 4.99 Å². The number of halogens is 1. The van der Waals surface area contributed by atoms with E-state index in [1.165, 1.54) is 11.3 Å². The fraction of sp³-hybridized carbons (Fsp3) is 0.615.